The first-order valence-corrected chi connectivity index (χ1v) is 6.06. The fourth-order valence-corrected chi connectivity index (χ4v) is 1.53. The van der Waals surface area contributed by atoms with Crippen molar-refractivity contribution in [2.75, 3.05) is 0 Å². The first-order valence-electron chi connectivity index (χ1n) is 6.06. The van der Waals surface area contributed by atoms with Gasteiger partial charge in [0.25, 0.3) is 0 Å². The molecule has 2 aromatic carbocycles. The molecule has 17 heavy (non-hydrogen) atoms. The van der Waals surface area contributed by atoms with Crippen LogP contribution in [0.2, 0.25) is 0 Å². The molecule has 0 aliphatic rings. The van der Waals surface area contributed by atoms with Crippen LogP contribution in [0.1, 0.15) is 27.8 Å². The maximum atomic E-state index is 2.20. The molecular weight excluding hydrogens is 204 g/mol. The van der Waals surface area contributed by atoms with Crippen molar-refractivity contribution in [3.05, 3.63) is 70.3 Å². The van der Waals surface area contributed by atoms with Crippen LogP contribution in [0.25, 0.3) is 0 Å². The van der Waals surface area contributed by atoms with Gasteiger partial charge in [0.1, 0.15) is 0 Å². The Labute approximate surface area is 105 Å². The van der Waals surface area contributed by atoms with E-state index in [1.54, 1.807) is 0 Å². The third-order valence-electron chi connectivity index (χ3n) is 2.88. The van der Waals surface area contributed by atoms with E-state index >= 15 is 0 Å². The summed E-state index contributed by atoms with van der Waals surface area (Å²) in [5, 5.41) is 0. The van der Waals surface area contributed by atoms with Gasteiger partial charge in [0, 0.05) is 0 Å². The fraction of sp³-hybridized carbons (Fsp3) is 0.294. The SMILES string of the molecule is Cc1ccc(C)c(C)c1.Cc1ccc(C)cc1. The highest BCUT2D eigenvalue weighted by Gasteiger charge is 1.89. The van der Waals surface area contributed by atoms with E-state index in [-0.39, 0.29) is 0 Å². The molecule has 0 saturated heterocycles. The first-order chi connectivity index (χ1) is 7.99. The van der Waals surface area contributed by atoms with Crippen molar-refractivity contribution in [1.29, 1.82) is 0 Å². The summed E-state index contributed by atoms with van der Waals surface area (Å²) < 4.78 is 0. The zero-order valence-electron chi connectivity index (χ0n) is 11.5. The van der Waals surface area contributed by atoms with E-state index in [4.69, 9.17) is 0 Å². The third kappa shape index (κ3) is 4.86. The second-order valence-electron chi connectivity index (χ2n) is 4.74. The average Bonchev–Trinajstić information content (AvgIpc) is 2.29. The van der Waals surface area contributed by atoms with Crippen molar-refractivity contribution in [2.24, 2.45) is 0 Å². The number of rotatable bonds is 0. The summed E-state index contributed by atoms with van der Waals surface area (Å²) in [7, 11) is 0. The zero-order valence-corrected chi connectivity index (χ0v) is 11.5. The third-order valence-corrected chi connectivity index (χ3v) is 2.88. The van der Waals surface area contributed by atoms with Gasteiger partial charge in [-0.05, 0) is 45.7 Å². The van der Waals surface area contributed by atoms with Crippen molar-refractivity contribution in [3.63, 3.8) is 0 Å². The topological polar surface area (TPSA) is 0 Å². The van der Waals surface area contributed by atoms with Gasteiger partial charge in [0.05, 0.1) is 0 Å². The lowest BCUT2D eigenvalue weighted by Crippen LogP contribution is -1.79. The van der Waals surface area contributed by atoms with E-state index in [2.05, 4.69) is 77.1 Å². The Bertz CT molecular complexity index is 443. The maximum absolute atomic E-state index is 2.20. The number of aryl methyl sites for hydroxylation is 5. The quantitative estimate of drug-likeness (QED) is 0.598. The molecule has 0 radical (unpaired) electrons. The van der Waals surface area contributed by atoms with Gasteiger partial charge < -0.3 is 0 Å². The molecule has 0 saturated carbocycles. The number of hydrogen-bond donors (Lipinski definition) is 0. The predicted octanol–water partition coefficient (Wildman–Crippen LogP) is 4.92. The molecule has 0 fully saturated rings. The first kappa shape index (κ1) is 13.5. The van der Waals surface area contributed by atoms with Crippen molar-refractivity contribution in [2.45, 2.75) is 34.6 Å². The molecule has 0 N–H and O–H groups in total. The van der Waals surface area contributed by atoms with Gasteiger partial charge in [-0.25, -0.2) is 0 Å². The van der Waals surface area contributed by atoms with Gasteiger partial charge in [0.15, 0.2) is 0 Å². The molecule has 2 aromatic rings. The molecule has 0 aromatic heterocycles. The van der Waals surface area contributed by atoms with E-state index in [9.17, 15) is 0 Å². The van der Waals surface area contributed by atoms with Gasteiger partial charge in [-0.15, -0.1) is 0 Å². The van der Waals surface area contributed by atoms with E-state index < -0.39 is 0 Å². The lowest BCUT2D eigenvalue weighted by Gasteiger charge is -1.98. The van der Waals surface area contributed by atoms with Crippen LogP contribution >= 0.6 is 0 Å². The zero-order chi connectivity index (χ0) is 12.8. The normalized spacial score (nSPS) is 9.47. The Morgan fingerprint density at radius 3 is 1.24 bits per heavy atom. The highest BCUT2D eigenvalue weighted by Crippen LogP contribution is 2.07. The minimum atomic E-state index is 1.33. The highest BCUT2D eigenvalue weighted by molar-refractivity contribution is 5.28. The van der Waals surface area contributed by atoms with Gasteiger partial charge in [0.2, 0.25) is 0 Å². The Balaban J connectivity index is 0.000000171. The minimum absolute atomic E-state index is 1.33. The van der Waals surface area contributed by atoms with Gasteiger partial charge >= 0.3 is 0 Å². The van der Waals surface area contributed by atoms with Crippen LogP contribution in [-0.2, 0) is 0 Å². The Morgan fingerprint density at radius 1 is 0.471 bits per heavy atom. The minimum Gasteiger partial charge on any atom is -0.0591 e. The molecule has 0 bridgehead atoms. The van der Waals surface area contributed by atoms with Gasteiger partial charge in [-0.3, -0.25) is 0 Å². The fourth-order valence-electron chi connectivity index (χ4n) is 1.53. The van der Waals surface area contributed by atoms with Crippen LogP contribution in [0, 0.1) is 34.6 Å². The van der Waals surface area contributed by atoms with E-state index in [1.807, 2.05) is 0 Å². The van der Waals surface area contributed by atoms with E-state index in [1.165, 1.54) is 27.8 Å². The molecule has 0 nitrogen and oxygen atoms in total. The summed E-state index contributed by atoms with van der Waals surface area (Å²) in [5.74, 6) is 0. The molecule has 0 atom stereocenters. The molecule has 0 aliphatic heterocycles. The summed E-state index contributed by atoms with van der Waals surface area (Å²) in [5.41, 5.74) is 6.76. The van der Waals surface area contributed by atoms with Crippen LogP contribution in [0.3, 0.4) is 0 Å². The van der Waals surface area contributed by atoms with E-state index in [0.717, 1.165) is 0 Å². The van der Waals surface area contributed by atoms with Crippen molar-refractivity contribution in [3.8, 4) is 0 Å². The second kappa shape index (κ2) is 6.24. The van der Waals surface area contributed by atoms with E-state index in [0.29, 0.717) is 0 Å². The van der Waals surface area contributed by atoms with Crippen LogP contribution in [0.4, 0.5) is 0 Å². The van der Waals surface area contributed by atoms with Gasteiger partial charge in [-0.1, -0.05) is 59.2 Å². The van der Waals surface area contributed by atoms with Crippen molar-refractivity contribution >= 4 is 0 Å². The monoisotopic (exact) mass is 226 g/mol. The molecule has 0 unspecified atom stereocenters. The summed E-state index contributed by atoms with van der Waals surface area (Å²) in [6.45, 7) is 10.6. The Hall–Kier alpha value is -1.56. The van der Waals surface area contributed by atoms with Crippen LogP contribution in [-0.4, -0.2) is 0 Å². The number of benzene rings is 2. The molecule has 0 heteroatoms. The largest absolute Gasteiger partial charge is 0.0591 e. The molecule has 0 aliphatic carbocycles. The summed E-state index contributed by atoms with van der Waals surface area (Å²) >= 11 is 0. The molecule has 0 heterocycles. The highest BCUT2D eigenvalue weighted by atomic mass is 13.9. The van der Waals surface area contributed by atoms with Crippen LogP contribution in [0.5, 0.6) is 0 Å². The molecule has 90 valence electrons. The molecule has 2 rings (SSSR count). The van der Waals surface area contributed by atoms with Crippen LogP contribution in [0.15, 0.2) is 42.5 Å². The lowest BCUT2D eigenvalue weighted by atomic mass is 10.1. The lowest BCUT2D eigenvalue weighted by molar-refractivity contribution is 1.30. The molecule has 0 amide bonds. The standard InChI is InChI=1S/C9H12.C8H10/c1-7-4-5-8(2)9(3)6-7;1-7-3-5-8(2)6-4-7/h4-6H,1-3H3;3-6H,1-2H3. The molecule has 0 spiro atoms. The summed E-state index contributed by atoms with van der Waals surface area (Å²) in [6.07, 6.45) is 0. The summed E-state index contributed by atoms with van der Waals surface area (Å²) in [6, 6.07) is 15.0. The average molecular weight is 226 g/mol. The summed E-state index contributed by atoms with van der Waals surface area (Å²) in [4.78, 5) is 0. The smallest absolute Gasteiger partial charge is 0.0395 e. The Kier molecular flexibility index (Phi) is 4.96. The Morgan fingerprint density at radius 2 is 0.882 bits per heavy atom. The molecular formula is C17H22. The number of hydrogen-bond acceptors (Lipinski definition) is 0. The van der Waals surface area contributed by atoms with Crippen LogP contribution < -0.4 is 0 Å². The predicted molar refractivity (Wildman–Crippen MR) is 76.6 cm³/mol. The van der Waals surface area contributed by atoms with Crippen molar-refractivity contribution < 1.29 is 0 Å². The van der Waals surface area contributed by atoms with Crippen molar-refractivity contribution in [1.82, 2.24) is 0 Å². The maximum Gasteiger partial charge on any atom is -0.0395 e. The van der Waals surface area contributed by atoms with Gasteiger partial charge in [-0.2, -0.15) is 0 Å². The second-order valence-corrected chi connectivity index (χ2v) is 4.74.